The average Bonchev–Trinajstić information content (AvgIpc) is 2.90. The van der Waals surface area contributed by atoms with Gasteiger partial charge in [-0.3, -0.25) is 9.59 Å². The summed E-state index contributed by atoms with van der Waals surface area (Å²) in [5.74, 6) is -0.106. The fourth-order valence-electron chi connectivity index (χ4n) is 4.81. The molecule has 0 aliphatic heterocycles. The molecule has 0 aliphatic carbocycles. The molecule has 230 valence electrons. The molecule has 39 heavy (non-hydrogen) atoms. The van der Waals surface area contributed by atoms with Crippen LogP contribution in [0.3, 0.4) is 0 Å². The quantitative estimate of drug-likeness (QED) is 0.0526. The van der Waals surface area contributed by atoms with Crippen molar-refractivity contribution in [3.8, 4) is 0 Å². The van der Waals surface area contributed by atoms with E-state index in [1.807, 2.05) is 20.2 Å². The molecule has 0 heterocycles. The van der Waals surface area contributed by atoms with Gasteiger partial charge in [0.1, 0.15) is 12.7 Å². The first kappa shape index (κ1) is 37.6. The highest BCUT2D eigenvalue weighted by molar-refractivity contribution is 5.69. The van der Waals surface area contributed by atoms with Crippen molar-refractivity contribution in [1.82, 2.24) is 4.90 Å². The molecule has 0 aromatic rings. The fraction of sp³-hybridized carbons (Fsp3) is 0.882. The fourth-order valence-corrected chi connectivity index (χ4v) is 4.81. The minimum Gasteiger partial charge on any atom is -0.462 e. The Morgan fingerprint density at radius 1 is 0.615 bits per heavy atom. The van der Waals surface area contributed by atoms with Gasteiger partial charge in [0.05, 0.1) is 0 Å². The molecular weight excluding hydrogens is 486 g/mol. The Bertz CT molecular complexity index is 576. The molecule has 0 aromatic carbocycles. The zero-order valence-corrected chi connectivity index (χ0v) is 26.5. The van der Waals surface area contributed by atoms with Crippen molar-refractivity contribution < 1.29 is 19.1 Å². The van der Waals surface area contributed by atoms with Crippen molar-refractivity contribution in [3.05, 3.63) is 12.2 Å². The number of allylic oxidation sites excluding steroid dienone is 1. The van der Waals surface area contributed by atoms with Crippen LogP contribution in [0.5, 0.6) is 0 Å². The minimum absolute atomic E-state index is 0.0286. The number of carbonyl (C=O) groups is 2. The maximum Gasteiger partial charge on any atom is 0.306 e. The molecule has 5 heteroatoms. The van der Waals surface area contributed by atoms with E-state index in [2.05, 4.69) is 24.8 Å². The average molecular weight is 552 g/mol. The number of unbranched alkanes of at least 4 members (excludes halogenated alkanes) is 15. The Morgan fingerprint density at radius 3 is 1.72 bits per heavy atom. The third-order valence-corrected chi connectivity index (χ3v) is 7.30. The highest BCUT2D eigenvalue weighted by atomic mass is 16.5. The predicted octanol–water partition coefficient (Wildman–Crippen LogP) is 9.57. The Labute approximate surface area is 242 Å². The van der Waals surface area contributed by atoms with Gasteiger partial charge in [0.15, 0.2) is 0 Å². The molecule has 0 fully saturated rings. The number of hydrogen-bond acceptors (Lipinski definition) is 5. The van der Waals surface area contributed by atoms with Crippen LogP contribution < -0.4 is 0 Å². The number of carbonyl (C=O) groups excluding carboxylic acids is 2. The topological polar surface area (TPSA) is 55.8 Å². The van der Waals surface area contributed by atoms with Crippen LogP contribution in [0.2, 0.25) is 0 Å². The maximum atomic E-state index is 12.4. The van der Waals surface area contributed by atoms with Gasteiger partial charge in [-0.1, -0.05) is 109 Å². The molecule has 1 unspecified atom stereocenters. The molecule has 5 nitrogen and oxygen atoms in total. The Hall–Kier alpha value is -1.36. The second-order valence-electron chi connectivity index (χ2n) is 11.6. The van der Waals surface area contributed by atoms with Crippen molar-refractivity contribution in [2.75, 3.05) is 27.2 Å². The molecule has 0 radical (unpaired) electrons. The first-order chi connectivity index (χ1) is 19.0. The lowest BCUT2D eigenvalue weighted by molar-refractivity contribution is -0.150. The summed E-state index contributed by atoms with van der Waals surface area (Å²) in [6, 6.07) is 0. The summed E-state index contributed by atoms with van der Waals surface area (Å²) in [6.45, 7) is 5.81. The molecule has 0 saturated heterocycles. The van der Waals surface area contributed by atoms with Crippen LogP contribution in [-0.4, -0.2) is 50.2 Å². The van der Waals surface area contributed by atoms with Crippen LogP contribution >= 0.6 is 0 Å². The maximum absolute atomic E-state index is 12.4. The van der Waals surface area contributed by atoms with E-state index < -0.39 is 0 Å². The molecule has 0 aromatic heterocycles. The lowest BCUT2D eigenvalue weighted by Crippen LogP contribution is -2.20. The molecule has 0 amide bonds. The van der Waals surface area contributed by atoms with E-state index in [9.17, 15) is 9.59 Å². The number of ether oxygens (including phenoxy) is 2. The highest BCUT2D eigenvalue weighted by Gasteiger charge is 2.14. The van der Waals surface area contributed by atoms with E-state index in [0.29, 0.717) is 19.4 Å². The van der Waals surface area contributed by atoms with E-state index in [1.54, 1.807) is 0 Å². The molecule has 0 N–H and O–H groups in total. The van der Waals surface area contributed by atoms with Gasteiger partial charge in [-0.05, 0) is 72.0 Å². The van der Waals surface area contributed by atoms with Crippen molar-refractivity contribution in [2.45, 2.75) is 168 Å². The van der Waals surface area contributed by atoms with Gasteiger partial charge in [0, 0.05) is 12.8 Å². The predicted molar refractivity (Wildman–Crippen MR) is 166 cm³/mol. The van der Waals surface area contributed by atoms with Gasteiger partial charge in [0.25, 0.3) is 0 Å². The standard InChI is InChI=1S/C34H65NO4/c1-5-7-9-11-13-17-21-26-32(39-34(37)29-25-30-35(3)4)27-22-18-14-15-19-23-28-33(36)38-31-24-20-16-12-10-8-6-2/h20,24,32H,5-19,21-23,25-31H2,1-4H3/b24-20+. The van der Waals surface area contributed by atoms with Gasteiger partial charge in [-0.2, -0.15) is 0 Å². The zero-order valence-electron chi connectivity index (χ0n) is 26.5. The van der Waals surface area contributed by atoms with Gasteiger partial charge in [-0.25, -0.2) is 0 Å². The summed E-state index contributed by atoms with van der Waals surface area (Å²) in [6.07, 6.45) is 29.8. The lowest BCUT2D eigenvalue weighted by Gasteiger charge is -2.18. The van der Waals surface area contributed by atoms with Crippen LogP contribution in [0.1, 0.15) is 162 Å². The van der Waals surface area contributed by atoms with E-state index >= 15 is 0 Å². The summed E-state index contributed by atoms with van der Waals surface area (Å²) in [4.78, 5) is 26.4. The lowest BCUT2D eigenvalue weighted by atomic mass is 10.0. The zero-order chi connectivity index (χ0) is 28.8. The largest absolute Gasteiger partial charge is 0.462 e. The number of hydrogen-bond donors (Lipinski definition) is 0. The molecule has 0 aliphatic rings. The van der Waals surface area contributed by atoms with Crippen LogP contribution in [0, 0.1) is 0 Å². The molecule has 0 rings (SSSR count). The minimum atomic E-state index is -0.0776. The van der Waals surface area contributed by atoms with E-state index in [0.717, 1.165) is 64.3 Å². The van der Waals surface area contributed by atoms with Crippen molar-refractivity contribution in [2.24, 2.45) is 0 Å². The normalized spacial score (nSPS) is 12.3. The first-order valence-corrected chi connectivity index (χ1v) is 16.6. The SMILES string of the molecule is CCCCCC/C=C/COC(=O)CCCCCCCCC(CCCCCCCCC)OC(=O)CCCN(C)C. The van der Waals surface area contributed by atoms with Gasteiger partial charge < -0.3 is 14.4 Å². The first-order valence-electron chi connectivity index (χ1n) is 16.6. The van der Waals surface area contributed by atoms with Gasteiger partial charge in [-0.15, -0.1) is 0 Å². The Balaban J connectivity index is 3.95. The summed E-state index contributed by atoms with van der Waals surface area (Å²) >= 11 is 0. The third-order valence-electron chi connectivity index (χ3n) is 7.30. The second kappa shape index (κ2) is 29.6. The smallest absolute Gasteiger partial charge is 0.306 e. The van der Waals surface area contributed by atoms with Crippen LogP contribution in [0.25, 0.3) is 0 Å². The van der Waals surface area contributed by atoms with Crippen LogP contribution in [-0.2, 0) is 19.1 Å². The summed E-state index contributed by atoms with van der Waals surface area (Å²) in [5, 5.41) is 0. The van der Waals surface area contributed by atoms with E-state index in [-0.39, 0.29) is 18.0 Å². The monoisotopic (exact) mass is 551 g/mol. The molecular formula is C34H65NO4. The Morgan fingerprint density at radius 2 is 1.13 bits per heavy atom. The van der Waals surface area contributed by atoms with E-state index in [1.165, 1.54) is 77.0 Å². The number of nitrogens with zero attached hydrogens (tertiary/aromatic N) is 1. The second-order valence-corrected chi connectivity index (χ2v) is 11.6. The summed E-state index contributed by atoms with van der Waals surface area (Å²) < 4.78 is 11.2. The molecule has 0 bridgehead atoms. The number of esters is 2. The van der Waals surface area contributed by atoms with Crippen molar-refractivity contribution in [1.29, 1.82) is 0 Å². The third kappa shape index (κ3) is 29.4. The van der Waals surface area contributed by atoms with E-state index in [4.69, 9.17) is 9.47 Å². The van der Waals surface area contributed by atoms with Crippen molar-refractivity contribution in [3.63, 3.8) is 0 Å². The summed E-state index contributed by atoms with van der Waals surface area (Å²) in [7, 11) is 4.08. The Kier molecular flexibility index (Phi) is 28.6. The van der Waals surface area contributed by atoms with Crippen molar-refractivity contribution >= 4 is 11.9 Å². The number of rotatable bonds is 29. The molecule has 1 atom stereocenters. The summed E-state index contributed by atoms with van der Waals surface area (Å²) in [5.41, 5.74) is 0. The van der Waals surface area contributed by atoms with Gasteiger partial charge >= 0.3 is 11.9 Å². The van der Waals surface area contributed by atoms with Crippen LogP contribution in [0.4, 0.5) is 0 Å². The molecule has 0 saturated carbocycles. The van der Waals surface area contributed by atoms with Crippen LogP contribution in [0.15, 0.2) is 12.2 Å². The van der Waals surface area contributed by atoms with Gasteiger partial charge in [0.2, 0.25) is 0 Å². The highest BCUT2D eigenvalue weighted by Crippen LogP contribution is 2.18. The molecule has 0 spiro atoms.